The van der Waals surface area contributed by atoms with E-state index >= 15 is 0 Å². The average Bonchev–Trinajstić information content (AvgIpc) is 2.83. The van der Waals surface area contributed by atoms with Crippen molar-refractivity contribution in [3.63, 3.8) is 0 Å². The van der Waals surface area contributed by atoms with E-state index in [2.05, 4.69) is 13.5 Å². The van der Waals surface area contributed by atoms with E-state index in [9.17, 15) is 4.79 Å². The minimum atomic E-state index is -0.220. The van der Waals surface area contributed by atoms with Crippen LogP contribution in [0.15, 0.2) is 61.2 Å². The molecule has 5 heteroatoms. The first kappa shape index (κ1) is 26.5. The smallest absolute Gasteiger partial charge is 0.311 e. The van der Waals surface area contributed by atoms with Gasteiger partial charge in [0.2, 0.25) is 0 Å². The van der Waals surface area contributed by atoms with E-state index < -0.39 is 0 Å². The number of hydrogen-bond donors (Lipinski definition) is 0. The number of ether oxygens (including phenoxy) is 2. The lowest BCUT2D eigenvalue weighted by Gasteiger charge is -2.08. The zero-order valence-electron chi connectivity index (χ0n) is 19.9. The van der Waals surface area contributed by atoms with Crippen LogP contribution in [0.25, 0.3) is 0 Å². The number of carbonyl (C=O) groups excluding carboxylic acids is 1. The monoisotopic (exact) mass is 454 g/mol. The molecule has 0 radical (unpaired) electrons. The molecule has 0 saturated carbocycles. The van der Waals surface area contributed by atoms with Crippen LogP contribution in [0, 0.1) is 0 Å². The Morgan fingerprint density at radius 1 is 0.818 bits per heavy atom. The van der Waals surface area contributed by atoms with Gasteiger partial charge in [0.25, 0.3) is 0 Å². The maximum Gasteiger partial charge on any atom is 0.311 e. The minimum absolute atomic E-state index is 0.220. The Hall–Kier alpha value is -2.79. The summed E-state index contributed by atoms with van der Waals surface area (Å²) in [6, 6.07) is 14.7. The molecule has 0 heterocycles. The van der Waals surface area contributed by atoms with Crippen LogP contribution in [-0.2, 0) is 16.3 Å². The molecule has 0 atom stereocenters. The van der Waals surface area contributed by atoms with Crippen LogP contribution < -0.4 is 14.4 Å². The molecule has 0 fully saturated rings. The second kappa shape index (κ2) is 16.8. The van der Waals surface area contributed by atoms with Gasteiger partial charge in [0, 0.05) is 6.42 Å². The highest BCUT2D eigenvalue weighted by Crippen LogP contribution is 2.20. The van der Waals surface area contributed by atoms with Crippen LogP contribution in [0.2, 0.25) is 0 Å². The number of hydrogen-bond acceptors (Lipinski definition) is 5. The molecule has 2 rings (SSSR count). The van der Waals surface area contributed by atoms with E-state index in [0.29, 0.717) is 24.5 Å². The molecule has 0 aromatic heterocycles. The van der Waals surface area contributed by atoms with Gasteiger partial charge in [-0.3, -0.25) is 4.79 Å². The van der Waals surface area contributed by atoms with Gasteiger partial charge in [-0.15, -0.1) is 6.58 Å². The van der Waals surface area contributed by atoms with Gasteiger partial charge in [-0.05, 0) is 67.6 Å². The van der Waals surface area contributed by atoms with Crippen LogP contribution in [0.1, 0.15) is 76.7 Å². The SMILES string of the molecule is C=CCCCCCC(=O)Oc1ccc(OOCc2ccc(OCCCCCCC)cc2)cc1. The molecule has 180 valence electrons. The van der Waals surface area contributed by atoms with Crippen molar-refractivity contribution in [3.8, 4) is 17.2 Å². The summed E-state index contributed by atoms with van der Waals surface area (Å²) >= 11 is 0. The number of unbranched alkanes of at least 4 members (excludes halogenated alkanes) is 7. The van der Waals surface area contributed by atoms with Crippen molar-refractivity contribution in [1.29, 1.82) is 0 Å². The quantitative estimate of drug-likeness (QED) is 0.0580. The average molecular weight is 455 g/mol. The van der Waals surface area contributed by atoms with E-state index in [1.165, 1.54) is 25.7 Å². The van der Waals surface area contributed by atoms with Crippen LogP contribution >= 0.6 is 0 Å². The van der Waals surface area contributed by atoms with Crippen molar-refractivity contribution in [3.05, 3.63) is 66.7 Å². The Morgan fingerprint density at radius 3 is 2.21 bits per heavy atom. The highest BCUT2D eigenvalue weighted by molar-refractivity contribution is 5.72. The maximum absolute atomic E-state index is 11.9. The highest BCUT2D eigenvalue weighted by Gasteiger charge is 2.05. The fourth-order valence-electron chi connectivity index (χ4n) is 3.22. The molecule has 0 spiro atoms. The standard InChI is InChI=1S/C28H38O5/c1-3-5-7-9-11-13-28(29)32-26-18-20-27(21-19-26)33-31-23-24-14-16-25(17-15-24)30-22-12-10-8-6-4-2/h3,14-21H,1,4-13,22-23H2,2H3. The molecule has 0 saturated heterocycles. The second-order valence-electron chi connectivity index (χ2n) is 8.09. The van der Waals surface area contributed by atoms with Crippen LogP contribution in [-0.4, -0.2) is 12.6 Å². The zero-order valence-corrected chi connectivity index (χ0v) is 19.9. The summed E-state index contributed by atoms with van der Waals surface area (Å²) in [5.41, 5.74) is 0.990. The Balaban J connectivity index is 1.61. The van der Waals surface area contributed by atoms with Gasteiger partial charge < -0.3 is 14.4 Å². The van der Waals surface area contributed by atoms with Crippen LogP contribution in [0.3, 0.4) is 0 Å². The van der Waals surface area contributed by atoms with Gasteiger partial charge in [-0.25, -0.2) is 0 Å². The Kier molecular flexibility index (Phi) is 13.5. The van der Waals surface area contributed by atoms with Gasteiger partial charge in [0.1, 0.15) is 18.1 Å². The second-order valence-corrected chi connectivity index (χ2v) is 8.09. The number of esters is 1. The predicted molar refractivity (Wildman–Crippen MR) is 131 cm³/mol. The molecule has 0 bridgehead atoms. The fourth-order valence-corrected chi connectivity index (χ4v) is 3.22. The number of allylic oxidation sites excluding steroid dienone is 1. The fraction of sp³-hybridized carbons (Fsp3) is 0.464. The lowest BCUT2D eigenvalue weighted by molar-refractivity contribution is -0.217. The first-order chi connectivity index (χ1) is 16.2. The molecule has 0 aliphatic carbocycles. The van der Waals surface area contributed by atoms with Crippen molar-refractivity contribution in [2.75, 3.05) is 6.61 Å². The Morgan fingerprint density at radius 2 is 1.48 bits per heavy atom. The molecule has 33 heavy (non-hydrogen) atoms. The van der Waals surface area contributed by atoms with E-state index in [1.54, 1.807) is 24.3 Å². The van der Waals surface area contributed by atoms with Crippen molar-refractivity contribution in [1.82, 2.24) is 0 Å². The molecule has 0 aliphatic rings. The zero-order chi connectivity index (χ0) is 23.6. The van der Waals surface area contributed by atoms with Crippen molar-refractivity contribution in [2.45, 2.75) is 77.7 Å². The van der Waals surface area contributed by atoms with Crippen LogP contribution in [0.4, 0.5) is 0 Å². The summed E-state index contributed by atoms with van der Waals surface area (Å²) in [6.07, 6.45) is 12.3. The van der Waals surface area contributed by atoms with Crippen LogP contribution in [0.5, 0.6) is 17.2 Å². The topological polar surface area (TPSA) is 54.0 Å². The molecule has 0 unspecified atom stereocenters. The third-order valence-electron chi connectivity index (χ3n) is 5.17. The van der Waals surface area contributed by atoms with Gasteiger partial charge in [-0.2, -0.15) is 4.89 Å². The molecule has 2 aromatic rings. The number of benzene rings is 2. The minimum Gasteiger partial charge on any atom is -0.494 e. The van der Waals surface area contributed by atoms with E-state index in [-0.39, 0.29) is 5.97 Å². The first-order valence-electron chi connectivity index (χ1n) is 12.1. The molecular weight excluding hydrogens is 416 g/mol. The number of rotatable bonds is 18. The van der Waals surface area contributed by atoms with Crippen molar-refractivity contribution >= 4 is 5.97 Å². The van der Waals surface area contributed by atoms with E-state index in [1.807, 2.05) is 30.3 Å². The molecule has 0 N–H and O–H groups in total. The molecule has 0 aliphatic heterocycles. The van der Waals surface area contributed by atoms with E-state index in [4.69, 9.17) is 19.2 Å². The van der Waals surface area contributed by atoms with Gasteiger partial charge >= 0.3 is 5.97 Å². The summed E-state index contributed by atoms with van der Waals surface area (Å²) in [6.45, 7) is 6.99. The third kappa shape index (κ3) is 12.1. The summed E-state index contributed by atoms with van der Waals surface area (Å²) in [5.74, 6) is 1.70. The predicted octanol–water partition coefficient (Wildman–Crippen LogP) is 7.59. The summed E-state index contributed by atoms with van der Waals surface area (Å²) in [7, 11) is 0. The molecular formula is C28H38O5. The third-order valence-corrected chi connectivity index (χ3v) is 5.17. The van der Waals surface area contributed by atoms with Gasteiger partial charge in [0.05, 0.1) is 6.61 Å². The number of carbonyl (C=O) groups is 1. The van der Waals surface area contributed by atoms with Crippen molar-refractivity contribution < 1.29 is 24.0 Å². The molecule has 2 aromatic carbocycles. The lowest BCUT2D eigenvalue weighted by Crippen LogP contribution is -2.07. The summed E-state index contributed by atoms with van der Waals surface area (Å²) in [5, 5.41) is 0. The molecule has 0 amide bonds. The van der Waals surface area contributed by atoms with E-state index in [0.717, 1.165) is 50.0 Å². The van der Waals surface area contributed by atoms with Gasteiger partial charge in [-0.1, -0.05) is 57.2 Å². The first-order valence-corrected chi connectivity index (χ1v) is 12.1. The molecule has 5 nitrogen and oxygen atoms in total. The maximum atomic E-state index is 11.9. The van der Waals surface area contributed by atoms with Crippen molar-refractivity contribution in [2.24, 2.45) is 0 Å². The normalized spacial score (nSPS) is 10.6. The Labute approximate surface area is 198 Å². The lowest BCUT2D eigenvalue weighted by atomic mass is 10.1. The van der Waals surface area contributed by atoms with Gasteiger partial charge in [0.15, 0.2) is 5.75 Å². The highest BCUT2D eigenvalue weighted by atomic mass is 17.2. The largest absolute Gasteiger partial charge is 0.494 e. The summed E-state index contributed by atoms with van der Waals surface area (Å²) < 4.78 is 11.1. The Bertz CT molecular complexity index is 783. The summed E-state index contributed by atoms with van der Waals surface area (Å²) in [4.78, 5) is 22.6.